The van der Waals surface area contributed by atoms with Crippen LogP contribution in [0.5, 0.6) is 5.75 Å². The van der Waals surface area contributed by atoms with Gasteiger partial charge in [0.15, 0.2) is 0 Å². The molecular formula is C21H25N3O. The van der Waals surface area contributed by atoms with E-state index in [0.717, 1.165) is 60.7 Å². The molecule has 0 unspecified atom stereocenters. The molecular weight excluding hydrogens is 310 g/mol. The van der Waals surface area contributed by atoms with Crippen molar-refractivity contribution >= 4 is 23.2 Å². The van der Waals surface area contributed by atoms with Crippen LogP contribution in [-0.4, -0.2) is 22.4 Å². The summed E-state index contributed by atoms with van der Waals surface area (Å²) in [4.78, 5) is 9.28. The van der Waals surface area contributed by atoms with Crippen molar-refractivity contribution in [2.24, 2.45) is 4.99 Å². The molecule has 3 rings (SSSR count). The van der Waals surface area contributed by atoms with Crippen LogP contribution in [0.15, 0.2) is 53.5 Å². The van der Waals surface area contributed by atoms with Crippen molar-refractivity contribution in [1.29, 1.82) is 0 Å². The second kappa shape index (κ2) is 8.47. The van der Waals surface area contributed by atoms with Crippen LogP contribution >= 0.6 is 0 Å². The largest absolute Gasteiger partial charge is 0.494 e. The SMILES string of the molecule is CCCCOc1ccc(/C=N/c2nc3ccccc3n2CCC)cc1. The second-order valence-corrected chi connectivity index (χ2v) is 6.08. The minimum Gasteiger partial charge on any atom is -0.494 e. The molecule has 0 amide bonds. The highest BCUT2D eigenvalue weighted by Crippen LogP contribution is 2.22. The number of aliphatic imine (C=N–C) groups is 1. The van der Waals surface area contributed by atoms with Gasteiger partial charge in [0.05, 0.1) is 17.6 Å². The van der Waals surface area contributed by atoms with Gasteiger partial charge in [0.1, 0.15) is 5.75 Å². The Bertz CT molecular complexity index is 834. The van der Waals surface area contributed by atoms with Crippen LogP contribution < -0.4 is 4.74 Å². The number of rotatable bonds is 8. The van der Waals surface area contributed by atoms with Crippen molar-refractivity contribution in [3.63, 3.8) is 0 Å². The molecule has 0 aliphatic heterocycles. The molecule has 0 atom stereocenters. The molecule has 0 aliphatic carbocycles. The number of hydrogen-bond acceptors (Lipinski definition) is 3. The summed E-state index contributed by atoms with van der Waals surface area (Å²) in [7, 11) is 0. The van der Waals surface area contributed by atoms with Gasteiger partial charge in [-0.3, -0.25) is 0 Å². The molecule has 4 heteroatoms. The fourth-order valence-corrected chi connectivity index (χ4v) is 2.72. The first-order valence-corrected chi connectivity index (χ1v) is 9.04. The van der Waals surface area contributed by atoms with Crippen molar-refractivity contribution in [1.82, 2.24) is 9.55 Å². The molecule has 3 aromatic rings. The first kappa shape index (κ1) is 17.2. The van der Waals surface area contributed by atoms with Crippen LogP contribution in [0.3, 0.4) is 0 Å². The summed E-state index contributed by atoms with van der Waals surface area (Å²) in [6.07, 6.45) is 5.14. The zero-order valence-electron chi connectivity index (χ0n) is 15.0. The van der Waals surface area contributed by atoms with E-state index in [1.807, 2.05) is 48.7 Å². The van der Waals surface area contributed by atoms with Gasteiger partial charge < -0.3 is 9.30 Å². The highest BCUT2D eigenvalue weighted by Gasteiger charge is 2.08. The highest BCUT2D eigenvalue weighted by atomic mass is 16.5. The van der Waals surface area contributed by atoms with Crippen molar-refractivity contribution in [3.8, 4) is 5.75 Å². The quantitative estimate of drug-likeness (QED) is 0.410. The predicted octanol–water partition coefficient (Wildman–Crippen LogP) is 5.38. The van der Waals surface area contributed by atoms with E-state index in [1.54, 1.807) is 0 Å². The molecule has 130 valence electrons. The molecule has 0 saturated carbocycles. The fraction of sp³-hybridized carbons (Fsp3) is 0.333. The van der Waals surface area contributed by atoms with Gasteiger partial charge in [0.2, 0.25) is 5.95 Å². The number of imidazole rings is 1. The second-order valence-electron chi connectivity index (χ2n) is 6.08. The maximum absolute atomic E-state index is 5.69. The topological polar surface area (TPSA) is 39.4 Å². The summed E-state index contributed by atoms with van der Waals surface area (Å²) in [5, 5.41) is 0. The summed E-state index contributed by atoms with van der Waals surface area (Å²) in [5.41, 5.74) is 3.16. The molecule has 0 spiro atoms. The third-order valence-corrected chi connectivity index (χ3v) is 4.06. The number of unbranched alkanes of at least 4 members (excludes halogenated alkanes) is 1. The predicted molar refractivity (Wildman–Crippen MR) is 104 cm³/mol. The Balaban J connectivity index is 1.77. The zero-order chi connectivity index (χ0) is 17.5. The molecule has 1 aromatic heterocycles. The third-order valence-electron chi connectivity index (χ3n) is 4.06. The minimum absolute atomic E-state index is 0.756. The van der Waals surface area contributed by atoms with Gasteiger partial charge in [-0.05, 0) is 54.8 Å². The molecule has 1 heterocycles. The van der Waals surface area contributed by atoms with Crippen LogP contribution in [0, 0.1) is 0 Å². The highest BCUT2D eigenvalue weighted by molar-refractivity contribution is 5.83. The maximum atomic E-state index is 5.69. The standard InChI is InChI=1S/C21H25N3O/c1-3-5-15-25-18-12-10-17(11-13-18)16-22-21-23-19-8-6-7-9-20(19)24(21)14-4-2/h6-13,16H,3-5,14-15H2,1-2H3/b22-16+. The van der Waals surface area contributed by atoms with E-state index in [-0.39, 0.29) is 0 Å². The number of ether oxygens (including phenoxy) is 1. The lowest BCUT2D eigenvalue weighted by Gasteiger charge is -2.05. The lowest BCUT2D eigenvalue weighted by molar-refractivity contribution is 0.309. The molecule has 0 bridgehead atoms. The normalized spacial score (nSPS) is 11.4. The summed E-state index contributed by atoms with van der Waals surface area (Å²) < 4.78 is 7.87. The summed E-state index contributed by atoms with van der Waals surface area (Å²) in [6, 6.07) is 16.2. The van der Waals surface area contributed by atoms with Gasteiger partial charge in [-0.2, -0.15) is 0 Å². The number of fused-ring (bicyclic) bond motifs is 1. The number of hydrogen-bond donors (Lipinski definition) is 0. The summed E-state index contributed by atoms with van der Waals surface area (Å²) >= 11 is 0. The van der Waals surface area contributed by atoms with Gasteiger partial charge in [0.25, 0.3) is 0 Å². The van der Waals surface area contributed by atoms with E-state index in [9.17, 15) is 0 Å². The van der Waals surface area contributed by atoms with Crippen molar-refractivity contribution in [3.05, 3.63) is 54.1 Å². The Labute approximate surface area is 149 Å². The molecule has 0 saturated heterocycles. The first-order chi connectivity index (χ1) is 12.3. The Hall–Kier alpha value is -2.62. The monoisotopic (exact) mass is 335 g/mol. The number of para-hydroxylation sites is 2. The molecule has 0 radical (unpaired) electrons. The molecule has 0 aliphatic rings. The minimum atomic E-state index is 0.756. The molecule has 0 fully saturated rings. The van der Waals surface area contributed by atoms with Gasteiger partial charge in [0, 0.05) is 12.8 Å². The van der Waals surface area contributed by atoms with E-state index in [0.29, 0.717) is 0 Å². The van der Waals surface area contributed by atoms with Gasteiger partial charge in [-0.25, -0.2) is 9.98 Å². The van der Waals surface area contributed by atoms with E-state index in [2.05, 4.69) is 34.5 Å². The molecule has 0 N–H and O–H groups in total. The van der Waals surface area contributed by atoms with E-state index in [1.165, 1.54) is 0 Å². The van der Waals surface area contributed by atoms with Crippen LogP contribution in [0.4, 0.5) is 5.95 Å². The van der Waals surface area contributed by atoms with Crippen LogP contribution in [0.2, 0.25) is 0 Å². The van der Waals surface area contributed by atoms with Crippen molar-refractivity contribution in [2.45, 2.75) is 39.7 Å². The fourth-order valence-electron chi connectivity index (χ4n) is 2.72. The molecule has 2 aromatic carbocycles. The van der Waals surface area contributed by atoms with Crippen molar-refractivity contribution in [2.75, 3.05) is 6.61 Å². The third kappa shape index (κ3) is 4.27. The van der Waals surface area contributed by atoms with Crippen molar-refractivity contribution < 1.29 is 4.74 Å². The number of nitrogens with zero attached hydrogens (tertiary/aromatic N) is 3. The smallest absolute Gasteiger partial charge is 0.230 e. The number of benzene rings is 2. The average Bonchev–Trinajstić information content (AvgIpc) is 2.99. The van der Waals surface area contributed by atoms with E-state index < -0.39 is 0 Å². The van der Waals surface area contributed by atoms with E-state index in [4.69, 9.17) is 4.74 Å². The number of aryl methyl sites for hydroxylation is 1. The van der Waals surface area contributed by atoms with Gasteiger partial charge >= 0.3 is 0 Å². The molecule has 4 nitrogen and oxygen atoms in total. The Kier molecular flexibility index (Phi) is 5.83. The zero-order valence-corrected chi connectivity index (χ0v) is 15.0. The van der Waals surface area contributed by atoms with Crippen LogP contribution in [-0.2, 0) is 6.54 Å². The van der Waals surface area contributed by atoms with Crippen LogP contribution in [0.25, 0.3) is 11.0 Å². The van der Waals surface area contributed by atoms with E-state index >= 15 is 0 Å². The van der Waals surface area contributed by atoms with Crippen LogP contribution in [0.1, 0.15) is 38.7 Å². The Morgan fingerprint density at radius 3 is 2.60 bits per heavy atom. The maximum Gasteiger partial charge on any atom is 0.230 e. The molecule has 25 heavy (non-hydrogen) atoms. The van der Waals surface area contributed by atoms with Gasteiger partial charge in [-0.1, -0.05) is 32.4 Å². The summed E-state index contributed by atoms with van der Waals surface area (Å²) in [6.45, 7) is 6.01. The average molecular weight is 335 g/mol. The lowest BCUT2D eigenvalue weighted by Crippen LogP contribution is -1.97. The summed E-state index contributed by atoms with van der Waals surface area (Å²) in [5.74, 6) is 1.66. The number of aromatic nitrogens is 2. The Morgan fingerprint density at radius 2 is 1.84 bits per heavy atom. The first-order valence-electron chi connectivity index (χ1n) is 9.04. The van der Waals surface area contributed by atoms with Gasteiger partial charge in [-0.15, -0.1) is 0 Å². The lowest BCUT2D eigenvalue weighted by atomic mass is 10.2. The Morgan fingerprint density at radius 1 is 1.04 bits per heavy atom.